The third-order valence-corrected chi connectivity index (χ3v) is 5.04. The molecule has 0 atom stereocenters. The lowest BCUT2D eigenvalue weighted by atomic mass is 10.2. The van der Waals surface area contributed by atoms with Gasteiger partial charge in [-0.15, -0.1) is 0 Å². The molecule has 1 fully saturated rings. The summed E-state index contributed by atoms with van der Waals surface area (Å²) in [6.45, 7) is 3.95. The molecule has 138 valence electrons. The van der Waals surface area contributed by atoms with Crippen LogP contribution in [0.1, 0.15) is 0 Å². The lowest BCUT2D eigenvalue weighted by molar-refractivity contribution is 0.312. The lowest BCUT2D eigenvalue weighted by Gasteiger charge is -2.33. The van der Waals surface area contributed by atoms with Gasteiger partial charge in [-0.2, -0.15) is 0 Å². The Morgan fingerprint density at radius 2 is 1.59 bits per heavy atom. The zero-order chi connectivity index (χ0) is 18.6. The molecule has 0 bridgehead atoms. The summed E-state index contributed by atoms with van der Waals surface area (Å²) in [4.78, 5) is 14.2. The molecule has 1 N–H and O–H groups in total. The molecule has 6 heteroatoms. The van der Waals surface area contributed by atoms with Crippen LogP contribution in [0.25, 0.3) is 11.4 Å². The van der Waals surface area contributed by atoms with Crippen LogP contribution < -0.4 is 10.2 Å². The number of anilines is 3. The largest absolute Gasteiger partial charge is 0.354 e. The molecular weight excluding hydrogens is 358 g/mol. The molecule has 1 aliphatic heterocycles. The first kappa shape index (κ1) is 17.8. The van der Waals surface area contributed by atoms with Crippen LogP contribution in [-0.2, 0) is 0 Å². The fourth-order valence-corrected chi connectivity index (χ4v) is 3.30. The molecule has 2 heterocycles. The maximum Gasteiger partial charge on any atom is 0.163 e. The number of nitrogens with one attached hydrogen (secondary N) is 1. The lowest BCUT2D eigenvalue weighted by Crippen LogP contribution is -2.44. The number of hydrogen-bond acceptors (Lipinski definition) is 5. The van der Waals surface area contributed by atoms with E-state index in [1.54, 1.807) is 0 Å². The van der Waals surface area contributed by atoms with Crippen molar-refractivity contribution in [3.63, 3.8) is 0 Å². The normalized spacial score (nSPS) is 15.0. The Labute approximate surface area is 164 Å². The van der Waals surface area contributed by atoms with Crippen molar-refractivity contribution in [3.8, 4) is 11.4 Å². The zero-order valence-corrected chi connectivity index (χ0v) is 16.0. The minimum absolute atomic E-state index is 0.665. The summed E-state index contributed by atoms with van der Waals surface area (Å²) in [5, 5.41) is 4.02. The highest BCUT2D eigenvalue weighted by molar-refractivity contribution is 6.33. The van der Waals surface area contributed by atoms with Gasteiger partial charge >= 0.3 is 0 Å². The molecule has 0 unspecified atom stereocenters. The molecule has 0 saturated carbocycles. The summed E-state index contributed by atoms with van der Waals surface area (Å²) in [6, 6.07) is 19.7. The standard InChI is InChI=1S/C21H22ClN5/c1-26-11-13-27(14-12-26)20-15-19(23-18-10-6-5-9-17(18)22)24-21(25-20)16-7-3-2-4-8-16/h2-10,15H,11-14H2,1H3,(H,23,24,25). The van der Waals surface area contributed by atoms with E-state index < -0.39 is 0 Å². The minimum atomic E-state index is 0.665. The van der Waals surface area contributed by atoms with Gasteiger partial charge in [0.15, 0.2) is 5.82 Å². The summed E-state index contributed by atoms with van der Waals surface area (Å²) in [7, 11) is 2.15. The monoisotopic (exact) mass is 379 g/mol. The average molecular weight is 380 g/mol. The van der Waals surface area contributed by atoms with Crippen molar-refractivity contribution in [2.24, 2.45) is 0 Å². The molecule has 4 rings (SSSR count). The van der Waals surface area contributed by atoms with Gasteiger partial charge in [0.25, 0.3) is 0 Å². The van der Waals surface area contributed by atoms with E-state index in [1.807, 2.05) is 60.7 Å². The summed E-state index contributed by atoms with van der Waals surface area (Å²) >= 11 is 6.31. The van der Waals surface area contributed by atoms with Crippen LogP contribution in [0.15, 0.2) is 60.7 Å². The van der Waals surface area contributed by atoms with Crippen LogP contribution >= 0.6 is 11.6 Å². The van der Waals surface area contributed by atoms with Crippen molar-refractivity contribution in [2.45, 2.75) is 0 Å². The number of aromatic nitrogens is 2. The first-order valence-electron chi connectivity index (χ1n) is 9.08. The highest BCUT2D eigenvalue weighted by Gasteiger charge is 2.18. The van der Waals surface area contributed by atoms with Crippen LogP contribution in [0, 0.1) is 0 Å². The molecule has 0 spiro atoms. The zero-order valence-electron chi connectivity index (χ0n) is 15.3. The Balaban J connectivity index is 1.71. The summed E-state index contributed by atoms with van der Waals surface area (Å²) in [6.07, 6.45) is 0. The third-order valence-electron chi connectivity index (χ3n) is 4.71. The highest BCUT2D eigenvalue weighted by Crippen LogP contribution is 2.28. The van der Waals surface area contributed by atoms with Crippen LogP contribution in [0.3, 0.4) is 0 Å². The van der Waals surface area contributed by atoms with Crippen LogP contribution in [0.2, 0.25) is 5.02 Å². The van der Waals surface area contributed by atoms with Gasteiger partial charge in [-0.3, -0.25) is 0 Å². The summed E-state index contributed by atoms with van der Waals surface area (Å²) < 4.78 is 0. The van der Waals surface area contributed by atoms with Gasteiger partial charge in [-0.25, -0.2) is 9.97 Å². The van der Waals surface area contributed by atoms with Gasteiger partial charge in [0.2, 0.25) is 0 Å². The number of likely N-dealkylation sites (N-methyl/N-ethyl adjacent to an activating group) is 1. The van der Waals surface area contributed by atoms with Gasteiger partial charge in [-0.1, -0.05) is 54.1 Å². The van der Waals surface area contributed by atoms with Crippen LogP contribution in [0.5, 0.6) is 0 Å². The smallest absolute Gasteiger partial charge is 0.163 e. The van der Waals surface area contributed by atoms with E-state index in [1.165, 1.54) is 0 Å². The molecule has 2 aromatic carbocycles. The average Bonchev–Trinajstić information content (AvgIpc) is 2.71. The van der Waals surface area contributed by atoms with E-state index in [0.717, 1.165) is 49.1 Å². The number of hydrogen-bond donors (Lipinski definition) is 1. The fourth-order valence-electron chi connectivity index (χ4n) is 3.11. The molecule has 1 saturated heterocycles. The molecule has 5 nitrogen and oxygen atoms in total. The number of rotatable bonds is 4. The molecular formula is C21H22ClN5. The maximum atomic E-state index is 6.31. The van der Waals surface area contributed by atoms with E-state index in [2.05, 4.69) is 22.2 Å². The predicted octanol–water partition coefficient (Wildman–Crippen LogP) is 4.29. The van der Waals surface area contributed by atoms with Gasteiger partial charge in [0.1, 0.15) is 11.6 Å². The van der Waals surface area contributed by atoms with Gasteiger partial charge in [0.05, 0.1) is 10.7 Å². The van der Waals surface area contributed by atoms with E-state index >= 15 is 0 Å². The first-order chi connectivity index (χ1) is 13.2. The van der Waals surface area contributed by atoms with Crippen molar-refractivity contribution in [1.82, 2.24) is 14.9 Å². The number of halogens is 1. The topological polar surface area (TPSA) is 44.3 Å². The van der Waals surface area contributed by atoms with Gasteiger partial charge < -0.3 is 15.1 Å². The van der Waals surface area contributed by atoms with Crippen molar-refractivity contribution in [1.29, 1.82) is 0 Å². The third kappa shape index (κ3) is 4.21. The second-order valence-corrected chi connectivity index (χ2v) is 7.10. The predicted molar refractivity (Wildman–Crippen MR) is 112 cm³/mol. The Bertz CT molecular complexity index is 907. The van der Waals surface area contributed by atoms with Crippen molar-refractivity contribution in [3.05, 3.63) is 65.7 Å². The van der Waals surface area contributed by atoms with Crippen molar-refractivity contribution in [2.75, 3.05) is 43.4 Å². The van der Waals surface area contributed by atoms with E-state index in [0.29, 0.717) is 10.8 Å². The van der Waals surface area contributed by atoms with Crippen molar-refractivity contribution < 1.29 is 0 Å². The molecule has 3 aromatic rings. The van der Waals surface area contributed by atoms with Gasteiger partial charge in [0, 0.05) is 37.8 Å². The van der Waals surface area contributed by atoms with E-state index in [4.69, 9.17) is 21.6 Å². The van der Waals surface area contributed by atoms with Crippen LogP contribution in [-0.4, -0.2) is 48.1 Å². The fraction of sp³-hybridized carbons (Fsp3) is 0.238. The molecule has 0 aliphatic carbocycles. The highest BCUT2D eigenvalue weighted by atomic mass is 35.5. The molecule has 1 aromatic heterocycles. The van der Waals surface area contributed by atoms with Crippen LogP contribution in [0.4, 0.5) is 17.3 Å². The molecule has 0 radical (unpaired) electrons. The Morgan fingerprint density at radius 1 is 0.889 bits per heavy atom. The Morgan fingerprint density at radius 3 is 2.33 bits per heavy atom. The number of piperazine rings is 1. The van der Waals surface area contributed by atoms with Gasteiger partial charge in [-0.05, 0) is 19.2 Å². The second kappa shape index (κ2) is 7.94. The summed E-state index contributed by atoms with van der Waals surface area (Å²) in [5.41, 5.74) is 1.83. The first-order valence-corrected chi connectivity index (χ1v) is 9.46. The second-order valence-electron chi connectivity index (χ2n) is 6.70. The van der Waals surface area contributed by atoms with E-state index in [-0.39, 0.29) is 0 Å². The Hall–Kier alpha value is -2.63. The van der Waals surface area contributed by atoms with Crippen molar-refractivity contribution >= 4 is 28.9 Å². The Kier molecular flexibility index (Phi) is 5.23. The molecule has 27 heavy (non-hydrogen) atoms. The minimum Gasteiger partial charge on any atom is -0.354 e. The van der Waals surface area contributed by atoms with E-state index in [9.17, 15) is 0 Å². The summed E-state index contributed by atoms with van der Waals surface area (Å²) in [5.74, 6) is 2.39. The molecule has 1 aliphatic rings. The number of para-hydroxylation sites is 1. The number of benzene rings is 2. The quantitative estimate of drug-likeness (QED) is 0.732. The SMILES string of the molecule is CN1CCN(c2cc(Nc3ccccc3Cl)nc(-c3ccccc3)n2)CC1. The maximum absolute atomic E-state index is 6.31. The molecule has 0 amide bonds. The number of nitrogens with zero attached hydrogens (tertiary/aromatic N) is 4.